The van der Waals surface area contributed by atoms with E-state index in [0.29, 0.717) is 12.5 Å². The molecule has 0 bridgehead atoms. The Morgan fingerprint density at radius 2 is 1.89 bits per heavy atom. The molecule has 1 heterocycles. The zero-order valence-corrected chi connectivity index (χ0v) is 11.6. The van der Waals surface area contributed by atoms with Crippen LogP contribution in [0, 0.1) is 0 Å². The van der Waals surface area contributed by atoms with E-state index < -0.39 is 0 Å². The summed E-state index contributed by atoms with van der Waals surface area (Å²) in [5.41, 5.74) is 1.31. The molecule has 1 aliphatic heterocycles. The highest BCUT2D eigenvalue weighted by atomic mass is 35.5. The van der Waals surface area contributed by atoms with Crippen LogP contribution in [0.5, 0.6) is 0 Å². The van der Waals surface area contributed by atoms with Gasteiger partial charge < -0.3 is 10.0 Å². The molecule has 0 atom stereocenters. The van der Waals surface area contributed by atoms with Crippen molar-refractivity contribution in [2.45, 2.75) is 31.6 Å². The standard InChI is InChI=1S/C15H22ClNO/c16-15-6-2-1-5-14(15)13-7-10-17(11-8-13)9-3-4-12-18/h1-2,5-6,13,18H,3-4,7-12H2. The first kappa shape index (κ1) is 13.9. The predicted octanol–water partition coefficient (Wildman–Crippen LogP) is 3.29. The van der Waals surface area contributed by atoms with Gasteiger partial charge in [0.25, 0.3) is 0 Å². The maximum absolute atomic E-state index is 8.78. The van der Waals surface area contributed by atoms with Crippen molar-refractivity contribution < 1.29 is 5.11 Å². The second-order valence-electron chi connectivity index (χ2n) is 5.07. The third-order valence-electron chi connectivity index (χ3n) is 3.82. The van der Waals surface area contributed by atoms with Crippen LogP contribution in [-0.4, -0.2) is 36.2 Å². The van der Waals surface area contributed by atoms with Crippen LogP contribution in [0.25, 0.3) is 0 Å². The van der Waals surface area contributed by atoms with E-state index in [0.717, 1.165) is 37.5 Å². The Morgan fingerprint density at radius 3 is 2.56 bits per heavy atom. The number of hydrogen-bond donors (Lipinski definition) is 1. The summed E-state index contributed by atoms with van der Waals surface area (Å²) in [7, 11) is 0. The lowest BCUT2D eigenvalue weighted by Crippen LogP contribution is -2.33. The normalized spacial score (nSPS) is 18.1. The molecule has 1 N–H and O–H groups in total. The SMILES string of the molecule is OCCCCN1CCC(c2ccccc2Cl)CC1. The van der Waals surface area contributed by atoms with Gasteiger partial charge in [-0.1, -0.05) is 29.8 Å². The van der Waals surface area contributed by atoms with Crippen LogP contribution in [0.3, 0.4) is 0 Å². The summed E-state index contributed by atoms with van der Waals surface area (Å²) in [4.78, 5) is 2.50. The molecule has 100 valence electrons. The smallest absolute Gasteiger partial charge is 0.0440 e. The highest BCUT2D eigenvalue weighted by molar-refractivity contribution is 6.31. The van der Waals surface area contributed by atoms with Crippen LogP contribution in [0.4, 0.5) is 0 Å². The quantitative estimate of drug-likeness (QED) is 0.828. The maximum atomic E-state index is 8.78. The summed E-state index contributed by atoms with van der Waals surface area (Å²) in [6.45, 7) is 3.74. The Hall–Kier alpha value is -0.570. The van der Waals surface area contributed by atoms with E-state index in [1.807, 2.05) is 12.1 Å². The Bertz CT molecular complexity index is 361. The fourth-order valence-electron chi connectivity index (χ4n) is 2.72. The molecule has 0 spiro atoms. The van der Waals surface area contributed by atoms with Crippen molar-refractivity contribution in [3.05, 3.63) is 34.9 Å². The van der Waals surface area contributed by atoms with Crippen molar-refractivity contribution in [2.24, 2.45) is 0 Å². The fraction of sp³-hybridized carbons (Fsp3) is 0.600. The molecule has 1 aromatic rings. The molecule has 0 amide bonds. The number of likely N-dealkylation sites (tertiary alicyclic amines) is 1. The third kappa shape index (κ3) is 3.71. The highest BCUT2D eigenvalue weighted by Crippen LogP contribution is 2.32. The molecule has 1 fully saturated rings. The van der Waals surface area contributed by atoms with Crippen LogP contribution in [0.1, 0.15) is 37.2 Å². The Kier molecular flexibility index (Phi) is 5.48. The zero-order chi connectivity index (χ0) is 12.8. The number of hydrogen-bond acceptors (Lipinski definition) is 2. The molecule has 1 aliphatic rings. The third-order valence-corrected chi connectivity index (χ3v) is 4.16. The molecule has 1 saturated heterocycles. The minimum Gasteiger partial charge on any atom is -0.396 e. The van der Waals surface area contributed by atoms with E-state index in [4.69, 9.17) is 16.7 Å². The largest absolute Gasteiger partial charge is 0.396 e. The van der Waals surface area contributed by atoms with Gasteiger partial charge in [0.1, 0.15) is 0 Å². The monoisotopic (exact) mass is 267 g/mol. The number of halogens is 1. The van der Waals surface area contributed by atoms with Gasteiger partial charge in [0.15, 0.2) is 0 Å². The molecule has 2 rings (SSSR count). The lowest BCUT2D eigenvalue weighted by Gasteiger charge is -2.32. The van der Waals surface area contributed by atoms with E-state index >= 15 is 0 Å². The van der Waals surface area contributed by atoms with E-state index in [-0.39, 0.29) is 0 Å². The van der Waals surface area contributed by atoms with Crippen LogP contribution in [-0.2, 0) is 0 Å². The Morgan fingerprint density at radius 1 is 1.17 bits per heavy atom. The Balaban J connectivity index is 1.81. The number of unbranched alkanes of at least 4 members (excludes halogenated alkanes) is 1. The lowest BCUT2D eigenvalue weighted by atomic mass is 9.89. The van der Waals surface area contributed by atoms with Gasteiger partial charge in [-0.05, 0) is 62.9 Å². The average Bonchev–Trinajstić information content (AvgIpc) is 2.41. The molecule has 0 aromatic heterocycles. The first-order valence-corrected chi connectivity index (χ1v) is 7.26. The second kappa shape index (κ2) is 7.13. The van der Waals surface area contributed by atoms with Gasteiger partial charge >= 0.3 is 0 Å². The molecule has 0 aliphatic carbocycles. The summed E-state index contributed by atoms with van der Waals surface area (Å²) in [6, 6.07) is 8.23. The number of aliphatic hydroxyl groups excluding tert-OH is 1. The van der Waals surface area contributed by atoms with Crippen molar-refractivity contribution in [3.63, 3.8) is 0 Å². The molecular weight excluding hydrogens is 246 g/mol. The highest BCUT2D eigenvalue weighted by Gasteiger charge is 2.21. The van der Waals surface area contributed by atoms with Crippen molar-refractivity contribution in [3.8, 4) is 0 Å². The van der Waals surface area contributed by atoms with Crippen molar-refractivity contribution >= 4 is 11.6 Å². The second-order valence-corrected chi connectivity index (χ2v) is 5.48. The summed E-state index contributed by atoms with van der Waals surface area (Å²) in [5.74, 6) is 0.618. The molecule has 3 heteroatoms. The Labute approximate surface area is 115 Å². The lowest BCUT2D eigenvalue weighted by molar-refractivity contribution is 0.199. The van der Waals surface area contributed by atoms with Crippen LogP contribution in [0.15, 0.2) is 24.3 Å². The fourth-order valence-corrected chi connectivity index (χ4v) is 3.01. The number of rotatable bonds is 5. The van der Waals surface area contributed by atoms with E-state index in [9.17, 15) is 0 Å². The summed E-state index contributed by atoms with van der Waals surface area (Å²) in [5, 5.41) is 9.70. The molecular formula is C15H22ClNO. The predicted molar refractivity (Wildman–Crippen MR) is 76.2 cm³/mol. The average molecular weight is 268 g/mol. The number of benzene rings is 1. The van der Waals surface area contributed by atoms with E-state index in [2.05, 4.69) is 17.0 Å². The minimum absolute atomic E-state index is 0.316. The molecule has 0 unspecified atom stereocenters. The first-order valence-electron chi connectivity index (χ1n) is 6.89. The van der Waals surface area contributed by atoms with E-state index in [1.54, 1.807) is 0 Å². The summed E-state index contributed by atoms with van der Waals surface area (Å²) in [6.07, 6.45) is 4.42. The number of aliphatic hydroxyl groups is 1. The topological polar surface area (TPSA) is 23.5 Å². The summed E-state index contributed by atoms with van der Waals surface area (Å²) >= 11 is 6.25. The van der Waals surface area contributed by atoms with Crippen LogP contribution in [0.2, 0.25) is 5.02 Å². The first-order chi connectivity index (χ1) is 8.81. The zero-order valence-electron chi connectivity index (χ0n) is 10.8. The summed E-state index contributed by atoms with van der Waals surface area (Å²) < 4.78 is 0. The van der Waals surface area contributed by atoms with Crippen molar-refractivity contribution in [1.29, 1.82) is 0 Å². The van der Waals surface area contributed by atoms with Crippen LogP contribution >= 0.6 is 11.6 Å². The van der Waals surface area contributed by atoms with Gasteiger partial charge in [-0.3, -0.25) is 0 Å². The molecule has 0 radical (unpaired) electrons. The molecule has 2 nitrogen and oxygen atoms in total. The van der Waals surface area contributed by atoms with Crippen LogP contribution < -0.4 is 0 Å². The van der Waals surface area contributed by atoms with Crippen molar-refractivity contribution in [2.75, 3.05) is 26.2 Å². The van der Waals surface area contributed by atoms with Gasteiger partial charge in [-0.25, -0.2) is 0 Å². The van der Waals surface area contributed by atoms with Gasteiger partial charge in [0, 0.05) is 11.6 Å². The van der Waals surface area contributed by atoms with E-state index in [1.165, 1.54) is 18.4 Å². The van der Waals surface area contributed by atoms with Gasteiger partial charge in [-0.15, -0.1) is 0 Å². The minimum atomic E-state index is 0.316. The number of piperidine rings is 1. The molecule has 0 saturated carbocycles. The molecule has 1 aromatic carbocycles. The maximum Gasteiger partial charge on any atom is 0.0440 e. The van der Waals surface area contributed by atoms with Gasteiger partial charge in [-0.2, -0.15) is 0 Å². The van der Waals surface area contributed by atoms with Gasteiger partial charge in [0.05, 0.1) is 0 Å². The van der Waals surface area contributed by atoms with Crippen molar-refractivity contribution in [1.82, 2.24) is 4.90 Å². The molecule has 18 heavy (non-hydrogen) atoms. The number of nitrogens with zero attached hydrogens (tertiary/aromatic N) is 1. The van der Waals surface area contributed by atoms with Gasteiger partial charge in [0.2, 0.25) is 0 Å².